The van der Waals surface area contributed by atoms with Crippen molar-refractivity contribution < 1.29 is 19.0 Å². The molecule has 1 fully saturated rings. The van der Waals surface area contributed by atoms with E-state index in [1.165, 1.54) is 6.33 Å². The molecule has 10 nitrogen and oxygen atoms in total. The number of hydrogen-bond donors (Lipinski definition) is 1. The second-order valence-electron chi connectivity index (χ2n) is 6.87. The van der Waals surface area contributed by atoms with Crippen molar-refractivity contribution in [2.75, 3.05) is 38.0 Å². The van der Waals surface area contributed by atoms with E-state index in [-0.39, 0.29) is 12.7 Å². The third-order valence-electron chi connectivity index (χ3n) is 4.94. The second kappa shape index (κ2) is 7.99. The molecule has 1 N–H and O–H groups in total. The summed E-state index contributed by atoms with van der Waals surface area (Å²) >= 11 is 0. The van der Waals surface area contributed by atoms with Crippen molar-refractivity contribution in [1.29, 1.82) is 0 Å². The van der Waals surface area contributed by atoms with E-state index in [2.05, 4.69) is 25.2 Å². The van der Waals surface area contributed by atoms with Gasteiger partial charge in [0.2, 0.25) is 6.79 Å². The highest BCUT2D eigenvalue weighted by atomic mass is 16.7. The van der Waals surface area contributed by atoms with E-state index in [1.54, 1.807) is 17.1 Å². The Kier molecular flexibility index (Phi) is 4.89. The summed E-state index contributed by atoms with van der Waals surface area (Å²) in [6.45, 7) is 3.51. The van der Waals surface area contributed by atoms with Crippen LogP contribution in [0.15, 0.2) is 43.1 Å². The zero-order valence-electron chi connectivity index (χ0n) is 16.2. The van der Waals surface area contributed by atoms with Gasteiger partial charge in [0.15, 0.2) is 11.5 Å². The van der Waals surface area contributed by atoms with Crippen LogP contribution in [-0.2, 0) is 11.3 Å². The van der Waals surface area contributed by atoms with E-state index in [1.807, 2.05) is 24.3 Å². The Hall–Kier alpha value is -3.66. The van der Waals surface area contributed by atoms with Gasteiger partial charge >= 0.3 is 0 Å². The minimum Gasteiger partial charge on any atom is -0.454 e. The summed E-state index contributed by atoms with van der Waals surface area (Å²) in [6.07, 6.45) is 4.74. The molecule has 2 aromatic heterocycles. The maximum Gasteiger partial charge on any atom is 0.271 e. The number of fused-ring (bicyclic) bond motifs is 1. The van der Waals surface area contributed by atoms with Gasteiger partial charge in [0.05, 0.1) is 13.2 Å². The van der Waals surface area contributed by atoms with Gasteiger partial charge in [-0.2, -0.15) is 0 Å². The average Bonchev–Trinajstić information content (AvgIpc) is 3.48. The summed E-state index contributed by atoms with van der Waals surface area (Å²) in [4.78, 5) is 27.5. The van der Waals surface area contributed by atoms with Crippen molar-refractivity contribution in [3.05, 3.63) is 54.4 Å². The highest BCUT2D eigenvalue weighted by molar-refractivity contribution is 5.92. The molecule has 0 atom stereocenters. The molecule has 154 valence electrons. The van der Waals surface area contributed by atoms with Crippen LogP contribution in [0.1, 0.15) is 16.1 Å². The van der Waals surface area contributed by atoms with Crippen molar-refractivity contribution in [3.63, 3.8) is 0 Å². The molecule has 0 bridgehead atoms. The number of rotatable bonds is 5. The smallest absolute Gasteiger partial charge is 0.271 e. The number of nitrogens with zero attached hydrogens (tertiary/aromatic N) is 5. The maximum absolute atomic E-state index is 12.5. The van der Waals surface area contributed by atoms with E-state index in [0.29, 0.717) is 42.8 Å². The minimum absolute atomic E-state index is 0.221. The average molecular weight is 408 g/mol. The second-order valence-corrected chi connectivity index (χ2v) is 6.87. The van der Waals surface area contributed by atoms with E-state index < -0.39 is 0 Å². The Morgan fingerprint density at radius 3 is 2.77 bits per heavy atom. The number of hydrogen-bond acceptors (Lipinski definition) is 8. The zero-order chi connectivity index (χ0) is 20.3. The Morgan fingerprint density at radius 2 is 1.87 bits per heavy atom. The fraction of sp³-hybridized carbons (Fsp3) is 0.300. The summed E-state index contributed by atoms with van der Waals surface area (Å²) < 4.78 is 17.8. The molecule has 10 heteroatoms. The third kappa shape index (κ3) is 3.77. The lowest BCUT2D eigenvalue weighted by molar-refractivity contribution is 0.0946. The number of imidazole rings is 1. The zero-order valence-corrected chi connectivity index (χ0v) is 16.2. The summed E-state index contributed by atoms with van der Waals surface area (Å²) in [6, 6.07) is 7.46. The number of morpholine rings is 1. The number of aromatic nitrogens is 4. The van der Waals surface area contributed by atoms with Gasteiger partial charge in [-0.05, 0) is 17.7 Å². The van der Waals surface area contributed by atoms with E-state index in [4.69, 9.17) is 14.2 Å². The molecule has 4 heterocycles. The highest BCUT2D eigenvalue weighted by Gasteiger charge is 2.16. The summed E-state index contributed by atoms with van der Waals surface area (Å²) in [5.74, 6) is 2.60. The van der Waals surface area contributed by atoms with Gasteiger partial charge in [-0.15, -0.1) is 0 Å². The number of amides is 1. The molecular weight excluding hydrogens is 388 g/mol. The molecular formula is C20H20N6O4. The van der Waals surface area contributed by atoms with Crippen LogP contribution in [0.5, 0.6) is 11.5 Å². The standard InChI is InChI=1S/C20H20N6O4/c27-20(21-9-14-1-2-16-17(7-14)30-13-29-16)15-10-26(12-24-15)19-8-18(22-11-23-19)25-3-5-28-6-4-25/h1-2,7-8,10-12H,3-6,9,13H2,(H,21,27). The van der Waals surface area contributed by atoms with Crippen molar-refractivity contribution in [3.8, 4) is 17.3 Å². The van der Waals surface area contributed by atoms with Gasteiger partial charge in [-0.3, -0.25) is 9.36 Å². The highest BCUT2D eigenvalue weighted by Crippen LogP contribution is 2.32. The van der Waals surface area contributed by atoms with Crippen LogP contribution >= 0.6 is 0 Å². The molecule has 0 spiro atoms. The molecule has 1 amide bonds. The van der Waals surface area contributed by atoms with Gasteiger partial charge in [0.25, 0.3) is 5.91 Å². The summed E-state index contributed by atoms with van der Waals surface area (Å²) in [7, 11) is 0. The Balaban J connectivity index is 1.25. The molecule has 0 radical (unpaired) electrons. The lowest BCUT2D eigenvalue weighted by atomic mass is 10.2. The van der Waals surface area contributed by atoms with Gasteiger partial charge < -0.3 is 24.4 Å². The number of carbonyl (C=O) groups excluding carboxylic acids is 1. The molecule has 2 aliphatic heterocycles. The first kappa shape index (κ1) is 18.4. The number of anilines is 1. The predicted molar refractivity (Wildman–Crippen MR) is 106 cm³/mol. The largest absolute Gasteiger partial charge is 0.454 e. The third-order valence-corrected chi connectivity index (χ3v) is 4.94. The molecule has 1 saturated heterocycles. The summed E-state index contributed by atoms with van der Waals surface area (Å²) in [5, 5.41) is 2.87. The van der Waals surface area contributed by atoms with Gasteiger partial charge in [0, 0.05) is 31.9 Å². The first-order valence-corrected chi connectivity index (χ1v) is 9.62. The van der Waals surface area contributed by atoms with Crippen molar-refractivity contribution in [2.45, 2.75) is 6.54 Å². The lowest BCUT2D eigenvalue weighted by Crippen LogP contribution is -2.36. The monoisotopic (exact) mass is 408 g/mol. The van der Waals surface area contributed by atoms with Crippen LogP contribution in [0, 0.1) is 0 Å². The van der Waals surface area contributed by atoms with Crippen molar-refractivity contribution in [1.82, 2.24) is 24.8 Å². The van der Waals surface area contributed by atoms with Crippen LogP contribution in [0.25, 0.3) is 5.82 Å². The van der Waals surface area contributed by atoms with Crippen LogP contribution in [0.3, 0.4) is 0 Å². The fourth-order valence-electron chi connectivity index (χ4n) is 3.33. The molecule has 0 unspecified atom stereocenters. The first-order valence-electron chi connectivity index (χ1n) is 9.62. The minimum atomic E-state index is -0.270. The molecule has 30 heavy (non-hydrogen) atoms. The SMILES string of the molecule is O=C(NCc1ccc2c(c1)OCO2)c1cn(-c2cc(N3CCOCC3)ncn2)cn1. The quantitative estimate of drug-likeness (QED) is 0.671. The van der Waals surface area contributed by atoms with Crippen molar-refractivity contribution >= 4 is 11.7 Å². The van der Waals surface area contributed by atoms with Crippen molar-refractivity contribution in [2.24, 2.45) is 0 Å². The number of ether oxygens (including phenoxy) is 3. The Labute approximate surface area is 172 Å². The molecule has 2 aliphatic rings. The van der Waals surface area contributed by atoms with E-state index in [9.17, 15) is 4.79 Å². The van der Waals surface area contributed by atoms with Gasteiger partial charge in [0.1, 0.15) is 30.0 Å². The normalized spacial score (nSPS) is 15.3. The fourth-order valence-corrected chi connectivity index (χ4v) is 3.33. The lowest BCUT2D eigenvalue weighted by Gasteiger charge is -2.27. The molecule has 3 aromatic rings. The molecule has 1 aromatic carbocycles. The molecule has 5 rings (SSSR count). The van der Waals surface area contributed by atoms with Gasteiger partial charge in [-0.1, -0.05) is 6.07 Å². The molecule has 0 saturated carbocycles. The van der Waals surface area contributed by atoms with Crippen LogP contribution in [-0.4, -0.2) is 58.5 Å². The number of carbonyl (C=O) groups is 1. The number of benzene rings is 1. The summed E-state index contributed by atoms with van der Waals surface area (Å²) in [5.41, 5.74) is 1.22. The van der Waals surface area contributed by atoms with Crippen LogP contribution in [0.4, 0.5) is 5.82 Å². The van der Waals surface area contributed by atoms with Crippen LogP contribution in [0.2, 0.25) is 0 Å². The maximum atomic E-state index is 12.5. The number of nitrogens with one attached hydrogen (secondary N) is 1. The van der Waals surface area contributed by atoms with E-state index >= 15 is 0 Å². The Bertz CT molecular complexity index is 1060. The first-order chi connectivity index (χ1) is 14.8. The topological polar surface area (TPSA) is 104 Å². The predicted octanol–water partition coefficient (Wildman–Crippen LogP) is 1.16. The molecule has 0 aliphatic carbocycles. The van der Waals surface area contributed by atoms with Crippen LogP contribution < -0.4 is 19.7 Å². The van der Waals surface area contributed by atoms with E-state index in [0.717, 1.165) is 24.5 Å². The van der Waals surface area contributed by atoms with Gasteiger partial charge in [-0.25, -0.2) is 15.0 Å². The Morgan fingerprint density at radius 1 is 1.03 bits per heavy atom.